The van der Waals surface area contributed by atoms with E-state index < -0.39 is 6.10 Å². The Morgan fingerprint density at radius 1 is 0.618 bits per heavy atom. The van der Waals surface area contributed by atoms with Gasteiger partial charge in [-0.05, 0) is 104 Å². The molecule has 4 aromatic rings. The van der Waals surface area contributed by atoms with Crippen molar-refractivity contribution < 1.29 is 5.11 Å². The first-order valence-electron chi connectivity index (χ1n) is 9.59. The van der Waals surface area contributed by atoms with E-state index in [2.05, 4.69) is 41.8 Å². The molecule has 2 atom stereocenters. The summed E-state index contributed by atoms with van der Waals surface area (Å²) in [5, 5.41) is 11.9. The molecule has 0 saturated heterocycles. The van der Waals surface area contributed by atoms with Gasteiger partial charge >= 0.3 is 0 Å². The molecule has 0 aliphatic rings. The van der Waals surface area contributed by atoms with Crippen molar-refractivity contribution in [2.45, 2.75) is 11.5 Å². The Bertz CT molecular complexity index is 1120. The third-order valence-corrected chi connectivity index (χ3v) is 6.71. The van der Waals surface area contributed by atoms with Crippen molar-refractivity contribution in [3.05, 3.63) is 125 Å². The molecule has 2 aromatic heterocycles. The van der Waals surface area contributed by atoms with E-state index in [1.165, 1.54) is 0 Å². The number of rotatable bonds is 4. The Balaban J connectivity index is 0.000000191. The Hall–Kier alpha value is -0.890. The van der Waals surface area contributed by atoms with Crippen LogP contribution in [-0.4, -0.2) is 15.1 Å². The fourth-order valence-electron chi connectivity index (χ4n) is 2.88. The second kappa shape index (κ2) is 12.9. The summed E-state index contributed by atoms with van der Waals surface area (Å²) < 4.78 is 1.77. The maximum absolute atomic E-state index is 10.1. The number of nitrogens with zero attached hydrogens (tertiary/aromatic N) is 2. The molecule has 0 aliphatic carbocycles. The van der Waals surface area contributed by atoms with Gasteiger partial charge in [-0.15, -0.1) is 11.6 Å². The summed E-state index contributed by atoms with van der Waals surface area (Å²) in [6, 6.07) is 17.5. The van der Waals surface area contributed by atoms with E-state index in [1.54, 1.807) is 54.9 Å². The van der Waals surface area contributed by atoms with E-state index in [0.29, 0.717) is 31.3 Å². The third-order valence-electron chi connectivity index (χ3n) is 4.42. The molecule has 34 heavy (non-hydrogen) atoms. The number of halogens is 7. The summed E-state index contributed by atoms with van der Waals surface area (Å²) in [7, 11) is 0. The van der Waals surface area contributed by atoms with Crippen LogP contribution in [0.15, 0.2) is 82.0 Å². The quantitative estimate of drug-likeness (QED) is 0.218. The molecular weight excluding hydrogens is 669 g/mol. The molecule has 0 bridgehead atoms. The molecule has 10 heteroatoms. The van der Waals surface area contributed by atoms with E-state index in [-0.39, 0.29) is 5.38 Å². The Morgan fingerprint density at radius 2 is 1.03 bits per heavy atom. The largest absolute Gasteiger partial charge is 0.382 e. The molecule has 2 unspecified atom stereocenters. The van der Waals surface area contributed by atoms with Gasteiger partial charge in [-0.3, -0.25) is 9.97 Å². The summed E-state index contributed by atoms with van der Waals surface area (Å²) in [5.74, 6) is 0. The van der Waals surface area contributed by atoms with Crippen molar-refractivity contribution in [3.63, 3.8) is 0 Å². The minimum atomic E-state index is -0.834. The highest BCUT2D eigenvalue weighted by Crippen LogP contribution is 2.32. The Morgan fingerprint density at radius 3 is 1.44 bits per heavy atom. The topological polar surface area (TPSA) is 46.0 Å². The first-order chi connectivity index (χ1) is 16.1. The van der Waals surface area contributed by atoms with Crippen molar-refractivity contribution in [1.29, 1.82) is 0 Å². The van der Waals surface area contributed by atoms with E-state index in [0.717, 1.165) is 20.2 Å². The molecule has 2 heterocycles. The number of benzene rings is 2. The lowest BCUT2D eigenvalue weighted by Crippen LogP contribution is -2.02. The molecule has 176 valence electrons. The minimum Gasteiger partial charge on any atom is -0.382 e. The van der Waals surface area contributed by atoms with E-state index >= 15 is 0 Å². The smallest absolute Gasteiger partial charge is 0.121 e. The van der Waals surface area contributed by atoms with Crippen LogP contribution in [0.3, 0.4) is 0 Å². The van der Waals surface area contributed by atoms with Gasteiger partial charge in [-0.2, -0.15) is 0 Å². The summed E-state index contributed by atoms with van der Waals surface area (Å²) >= 11 is 36.6. The van der Waals surface area contributed by atoms with Crippen molar-refractivity contribution >= 4 is 89.9 Å². The summed E-state index contributed by atoms with van der Waals surface area (Å²) in [4.78, 5) is 8.38. The highest BCUT2D eigenvalue weighted by molar-refractivity contribution is 9.10. The zero-order valence-corrected chi connectivity index (χ0v) is 24.0. The predicted octanol–water partition coefficient (Wildman–Crippen LogP) is 9.71. The highest BCUT2D eigenvalue weighted by atomic mass is 79.9. The number of hydrogen-bond donors (Lipinski definition) is 1. The zero-order valence-electron chi connectivity index (χ0n) is 17.1. The van der Waals surface area contributed by atoms with E-state index in [9.17, 15) is 5.11 Å². The van der Waals surface area contributed by atoms with Crippen LogP contribution in [0.25, 0.3) is 0 Å². The van der Waals surface area contributed by atoms with Gasteiger partial charge in [0.1, 0.15) is 11.5 Å². The molecule has 4 rings (SSSR count). The van der Waals surface area contributed by atoms with Crippen LogP contribution in [-0.2, 0) is 0 Å². The van der Waals surface area contributed by atoms with Crippen LogP contribution in [0.1, 0.15) is 34.0 Å². The number of aromatic nitrogens is 2. The number of aliphatic hydroxyl groups is 1. The lowest BCUT2D eigenvalue weighted by molar-refractivity contribution is 0.215. The number of pyridine rings is 2. The molecule has 2 aromatic carbocycles. The predicted molar refractivity (Wildman–Crippen MR) is 149 cm³/mol. The normalized spacial score (nSPS) is 12.5. The molecule has 0 radical (unpaired) electrons. The summed E-state index contributed by atoms with van der Waals surface area (Å²) in [6.45, 7) is 0. The summed E-state index contributed by atoms with van der Waals surface area (Å²) in [5.41, 5.74) is 2.76. The first-order valence-corrected chi connectivity index (χ1v) is 13.1. The standard InChI is InChI=1S/C12H7BrCl3N.C12H8BrCl2NO/c13-8-1-2-11(17-6-8)12(16)7-3-9(14)5-10(15)4-7;13-8-1-2-11(16-6-8)12(17)7-3-9(14)5-10(15)4-7/h1-6,12H;1-6,12,17H. The molecule has 0 aliphatic heterocycles. The third kappa shape index (κ3) is 8.07. The van der Waals surface area contributed by atoms with Crippen LogP contribution in [0.5, 0.6) is 0 Å². The van der Waals surface area contributed by atoms with Crippen molar-refractivity contribution in [2.75, 3.05) is 0 Å². The fourth-order valence-corrected chi connectivity index (χ4v) is 4.69. The summed E-state index contributed by atoms with van der Waals surface area (Å²) in [6.07, 6.45) is 2.50. The van der Waals surface area contributed by atoms with Crippen molar-refractivity contribution in [1.82, 2.24) is 9.97 Å². The molecular formula is C24H15Br2Cl5N2O. The van der Waals surface area contributed by atoms with Crippen LogP contribution in [0.2, 0.25) is 20.1 Å². The number of hydrogen-bond acceptors (Lipinski definition) is 3. The molecule has 3 nitrogen and oxygen atoms in total. The van der Waals surface area contributed by atoms with Crippen LogP contribution < -0.4 is 0 Å². The van der Waals surface area contributed by atoms with Gasteiger partial charge in [0.05, 0.1) is 11.4 Å². The van der Waals surface area contributed by atoms with Crippen molar-refractivity contribution in [2.24, 2.45) is 0 Å². The Kier molecular flexibility index (Phi) is 10.5. The number of alkyl halides is 1. The molecule has 0 saturated carbocycles. The highest BCUT2D eigenvalue weighted by Gasteiger charge is 2.14. The molecule has 0 spiro atoms. The van der Waals surface area contributed by atoms with Gasteiger partial charge in [0.15, 0.2) is 0 Å². The van der Waals surface area contributed by atoms with Gasteiger partial charge in [0, 0.05) is 41.4 Å². The van der Waals surface area contributed by atoms with E-state index in [4.69, 9.17) is 58.0 Å². The van der Waals surface area contributed by atoms with Crippen LogP contribution in [0.4, 0.5) is 0 Å². The minimum absolute atomic E-state index is 0.362. The average Bonchev–Trinajstić information content (AvgIpc) is 2.78. The number of aliphatic hydroxyl groups excluding tert-OH is 1. The SMILES string of the molecule is Clc1cc(Cl)cc(C(Cl)c2ccc(Br)cn2)c1.OC(c1cc(Cl)cc(Cl)c1)c1ccc(Br)cn1. The second-order valence-corrected chi connectivity index (χ2v) is 11.0. The average molecular weight is 684 g/mol. The lowest BCUT2D eigenvalue weighted by Gasteiger charge is -2.11. The van der Waals surface area contributed by atoms with Gasteiger partial charge < -0.3 is 5.11 Å². The van der Waals surface area contributed by atoms with Crippen LogP contribution >= 0.6 is 89.9 Å². The Labute approximate surface area is 239 Å². The first kappa shape index (κ1) is 27.7. The fraction of sp³-hybridized carbons (Fsp3) is 0.0833. The van der Waals surface area contributed by atoms with Crippen molar-refractivity contribution in [3.8, 4) is 0 Å². The van der Waals surface area contributed by atoms with Gasteiger partial charge in [0.2, 0.25) is 0 Å². The monoisotopic (exact) mass is 680 g/mol. The van der Waals surface area contributed by atoms with Gasteiger partial charge in [0.25, 0.3) is 0 Å². The maximum atomic E-state index is 10.1. The second-order valence-electron chi connectivity index (χ2n) is 6.97. The lowest BCUT2D eigenvalue weighted by atomic mass is 10.1. The molecule has 0 amide bonds. The van der Waals surface area contributed by atoms with Crippen LogP contribution in [0, 0.1) is 0 Å². The van der Waals surface area contributed by atoms with Gasteiger partial charge in [-0.1, -0.05) is 46.4 Å². The maximum Gasteiger partial charge on any atom is 0.121 e. The van der Waals surface area contributed by atoms with Gasteiger partial charge in [-0.25, -0.2) is 0 Å². The molecule has 0 fully saturated rings. The van der Waals surface area contributed by atoms with E-state index in [1.807, 2.05) is 18.2 Å². The zero-order chi connectivity index (χ0) is 24.8. The molecule has 1 N–H and O–H groups in total.